The summed E-state index contributed by atoms with van der Waals surface area (Å²) in [6.45, 7) is 5.62. The summed E-state index contributed by atoms with van der Waals surface area (Å²) in [6.07, 6.45) is 2.17. The molecule has 1 fully saturated rings. The number of fused-ring (bicyclic) bond motifs is 2. The Morgan fingerprint density at radius 2 is 1.45 bits per heavy atom. The van der Waals surface area contributed by atoms with Crippen LogP contribution in [0.2, 0.25) is 0 Å². The van der Waals surface area contributed by atoms with Crippen molar-refractivity contribution in [1.82, 2.24) is 0 Å². The SMILES string of the molecule is CC1=C(c2ccccc2)P2CC1(C)C(c1ccccc1)C2C1=N[C@@H](c2ccccc2)CCO1. The largest absolute Gasteiger partial charge is 0.480 e. The van der Waals surface area contributed by atoms with E-state index in [0.29, 0.717) is 11.6 Å². The summed E-state index contributed by atoms with van der Waals surface area (Å²) in [5.74, 6) is 1.41. The maximum atomic E-state index is 6.43. The lowest BCUT2D eigenvalue weighted by Gasteiger charge is -2.40. The Hall–Kier alpha value is -2.70. The van der Waals surface area contributed by atoms with Crippen LogP contribution < -0.4 is 0 Å². The van der Waals surface area contributed by atoms with E-state index in [1.165, 1.54) is 22.9 Å². The van der Waals surface area contributed by atoms with E-state index in [4.69, 9.17) is 9.73 Å². The molecule has 166 valence electrons. The lowest BCUT2D eigenvalue weighted by Crippen LogP contribution is -2.37. The predicted octanol–water partition coefficient (Wildman–Crippen LogP) is 7.65. The van der Waals surface area contributed by atoms with Crippen LogP contribution in [0.3, 0.4) is 0 Å². The van der Waals surface area contributed by atoms with Crippen LogP contribution in [0.5, 0.6) is 0 Å². The molecule has 2 nitrogen and oxygen atoms in total. The molecular formula is C30H30NOP. The first-order valence-electron chi connectivity index (χ1n) is 12.0. The van der Waals surface area contributed by atoms with Crippen LogP contribution in [-0.4, -0.2) is 24.3 Å². The van der Waals surface area contributed by atoms with E-state index in [1.807, 2.05) is 0 Å². The summed E-state index contributed by atoms with van der Waals surface area (Å²) in [6, 6.07) is 33.1. The third-order valence-corrected chi connectivity index (χ3v) is 11.3. The van der Waals surface area contributed by atoms with Crippen molar-refractivity contribution in [3.8, 4) is 0 Å². The molecule has 3 heteroatoms. The van der Waals surface area contributed by atoms with Crippen molar-refractivity contribution in [1.29, 1.82) is 0 Å². The van der Waals surface area contributed by atoms with E-state index in [2.05, 4.69) is 105 Å². The zero-order valence-electron chi connectivity index (χ0n) is 19.3. The second kappa shape index (κ2) is 8.26. The van der Waals surface area contributed by atoms with Gasteiger partial charge in [0.15, 0.2) is 5.90 Å². The molecule has 0 aromatic heterocycles. The van der Waals surface area contributed by atoms with Crippen LogP contribution in [0.1, 0.15) is 48.9 Å². The zero-order chi connectivity index (χ0) is 22.4. The van der Waals surface area contributed by atoms with Gasteiger partial charge in [0, 0.05) is 17.8 Å². The van der Waals surface area contributed by atoms with Gasteiger partial charge in [0.2, 0.25) is 0 Å². The van der Waals surface area contributed by atoms with Crippen molar-refractivity contribution in [3.05, 3.63) is 113 Å². The second-order valence-corrected chi connectivity index (χ2v) is 12.0. The summed E-state index contributed by atoms with van der Waals surface area (Å²) in [4.78, 5) is 5.30. The molecule has 2 bridgehead atoms. The summed E-state index contributed by atoms with van der Waals surface area (Å²) < 4.78 is 6.43. The minimum Gasteiger partial charge on any atom is -0.480 e. The van der Waals surface area contributed by atoms with Crippen molar-refractivity contribution >= 4 is 19.1 Å². The normalized spacial score (nSPS) is 30.8. The Bertz CT molecular complexity index is 1200. The van der Waals surface area contributed by atoms with Crippen LogP contribution in [-0.2, 0) is 4.74 Å². The van der Waals surface area contributed by atoms with Crippen molar-refractivity contribution in [2.24, 2.45) is 10.4 Å². The van der Waals surface area contributed by atoms with E-state index in [1.54, 1.807) is 10.9 Å². The Morgan fingerprint density at radius 1 is 0.848 bits per heavy atom. The molecule has 0 amide bonds. The molecule has 0 radical (unpaired) electrons. The van der Waals surface area contributed by atoms with Gasteiger partial charge >= 0.3 is 0 Å². The summed E-state index contributed by atoms with van der Waals surface area (Å²) in [5.41, 5.74) is 6.14. The van der Waals surface area contributed by atoms with Gasteiger partial charge in [-0.05, 0) is 35.1 Å². The molecule has 0 aliphatic carbocycles. The molecule has 33 heavy (non-hydrogen) atoms. The van der Waals surface area contributed by atoms with Crippen LogP contribution >= 0.6 is 7.92 Å². The first-order chi connectivity index (χ1) is 16.2. The van der Waals surface area contributed by atoms with Crippen molar-refractivity contribution in [3.63, 3.8) is 0 Å². The Balaban J connectivity index is 1.49. The first-order valence-corrected chi connectivity index (χ1v) is 13.6. The van der Waals surface area contributed by atoms with E-state index in [9.17, 15) is 0 Å². The van der Waals surface area contributed by atoms with Crippen LogP contribution in [0.15, 0.2) is 102 Å². The highest BCUT2D eigenvalue weighted by molar-refractivity contribution is 7.71. The fourth-order valence-corrected chi connectivity index (χ4v) is 10.4. The molecule has 4 unspecified atom stereocenters. The van der Waals surface area contributed by atoms with Crippen LogP contribution in [0.4, 0.5) is 0 Å². The number of hydrogen-bond donors (Lipinski definition) is 0. The van der Waals surface area contributed by atoms with E-state index in [-0.39, 0.29) is 11.5 Å². The molecule has 6 rings (SSSR count). The molecule has 1 saturated heterocycles. The molecule has 3 aromatic rings. The van der Waals surface area contributed by atoms with E-state index < -0.39 is 7.92 Å². The van der Waals surface area contributed by atoms with Gasteiger partial charge in [-0.25, -0.2) is 4.99 Å². The van der Waals surface area contributed by atoms with Gasteiger partial charge in [0.1, 0.15) is 0 Å². The lowest BCUT2D eigenvalue weighted by molar-refractivity contribution is 0.245. The smallest absolute Gasteiger partial charge is 0.192 e. The monoisotopic (exact) mass is 451 g/mol. The molecule has 3 aromatic carbocycles. The first kappa shape index (κ1) is 20.9. The van der Waals surface area contributed by atoms with Gasteiger partial charge in [-0.2, -0.15) is 0 Å². The second-order valence-electron chi connectivity index (χ2n) is 9.75. The van der Waals surface area contributed by atoms with Gasteiger partial charge < -0.3 is 4.74 Å². The number of rotatable bonds is 4. The van der Waals surface area contributed by atoms with Crippen LogP contribution in [0.25, 0.3) is 5.31 Å². The van der Waals surface area contributed by atoms with E-state index >= 15 is 0 Å². The Labute approximate surface area is 198 Å². The summed E-state index contributed by atoms with van der Waals surface area (Å²) in [7, 11) is -0.410. The van der Waals surface area contributed by atoms with Gasteiger partial charge in [-0.1, -0.05) is 111 Å². The molecule has 3 aliphatic rings. The molecular weight excluding hydrogens is 421 g/mol. The van der Waals surface area contributed by atoms with Crippen LogP contribution in [0, 0.1) is 5.41 Å². The third kappa shape index (κ3) is 3.39. The number of ether oxygens (including phenoxy) is 1. The molecule has 3 aliphatic heterocycles. The molecule has 5 atom stereocenters. The fraction of sp³-hybridized carbons (Fsp3) is 0.300. The Kier molecular flexibility index (Phi) is 5.23. The van der Waals surface area contributed by atoms with Crippen molar-refractivity contribution in [2.45, 2.75) is 37.9 Å². The predicted molar refractivity (Wildman–Crippen MR) is 139 cm³/mol. The topological polar surface area (TPSA) is 21.6 Å². The summed E-state index contributed by atoms with van der Waals surface area (Å²) >= 11 is 0. The average molecular weight is 452 g/mol. The number of nitrogens with zero attached hydrogens (tertiary/aromatic N) is 1. The highest BCUT2D eigenvalue weighted by atomic mass is 31.1. The number of allylic oxidation sites excluding steroid dienone is 1. The maximum absolute atomic E-state index is 6.43. The van der Waals surface area contributed by atoms with Gasteiger partial charge in [-0.15, -0.1) is 0 Å². The van der Waals surface area contributed by atoms with Crippen molar-refractivity contribution < 1.29 is 4.74 Å². The third-order valence-electron chi connectivity index (χ3n) is 7.90. The molecule has 0 N–H and O–H groups in total. The molecule has 0 saturated carbocycles. The van der Waals surface area contributed by atoms with E-state index in [0.717, 1.165) is 18.9 Å². The number of benzene rings is 3. The minimum absolute atomic E-state index is 0.133. The number of aliphatic imine (C=N–C) groups is 1. The maximum Gasteiger partial charge on any atom is 0.192 e. The standard InChI is InChI=1S/C30H30NOP/c1-21-27(24-16-10-5-11-17-24)33-20-30(21,2)26(23-14-8-4-9-15-23)28(33)29-31-25(18-19-32-29)22-12-6-3-7-13-22/h3-17,25-26,28H,18-20H2,1-2H3/t25-,26?,28?,30?,33?/m1/s1. The lowest BCUT2D eigenvalue weighted by atomic mass is 9.68. The number of hydrogen-bond acceptors (Lipinski definition) is 2. The average Bonchev–Trinajstić information content (AvgIpc) is 3.33. The fourth-order valence-electron chi connectivity index (χ4n) is 6.21. The van der Waals surface area contributed by atoms with Crippen molar-refractivity contribution in [2.75, 3.05) is 12.8 Å². The van der Waals surface area contributed by atoms with Gasteiger partial charge in [0.25, 0.3) is 0 Å². The highest BCUT2D eigenvalue weighted by Crippen LogP contribution is 2.78. The Morgan fingerprint density at radius 3 is 2.12 bits per heavy atom. The quantitative estimate of drug-likeness (QED) is 0.373. The minimum atomic E-state index is -0.410. The highest BCUT2D eigenvalue weighted by Gasteiger charge is 2.60. The zero-order valence-corrected chi connectivity index (χ0v) is 20.2. The van der Waals surface area contributed by atoms with Gasteiger partial charge in [0.05, 0.1) is 18.3 Å². The summed E-state index contributed by atoms with van der Waals surface area (Å²) in [5, 5.41) is 1.58. The molecule has 3 heterocycles. The van der Waals surface area contributed by atoms with Gasteiger partial charge in [-0.3, -0.25) is 0 Å². The molecule has 0 spiro atoms.